The minimum atomic E-state index is -4.33. The summed E-state index contributed by atoms with van der Waals surface area (Å²) in [5.74, 6) is 0.167. The van der Waals surface area contributed by atoms with Crippen LogP contribution in [0.5, 0.6) is 5.75 Å². The van der Waals surface area contributed by atoms with Crippen LogP contribution in [0.1, 0.15) is 6.92 Å². The maximum Gasteiger partial charge on any atom is 0.425 e. The molecule has 0 aliphatic rings. The number of aromatic nitrogens is 1. The summed E-state index contributed by atoms with van der Waals surface area (Å²) in [6, 6.07) is 2.75. The van der Waals surface area contributed by atoms with Gasteiger partial charge in [0.2, 0.25) is 0 Å². The van der Waals surface area contributed by atoms with E-state index >= 15 is 0 Å². The molecule has 5 heteroatoms. The highest BCUT2D eigenvalue weighted by atomic mass is 19.4. The fourth-order valence-corrected chi connectivity index (χ4v) is 0.688. The molecule has 1 rings (SSSR count). The summed E-state index contributed by atoms with van der Waals surface area (Å²) in [6.07, 6.45) is -3.38. The minimum Gasteiger partial charge on any atom is -0.481 e. The zero-order chi connectivity index (χ0) is 9.90. The van der Waals surface area contributed by atoms with E-state index in [2.05, 4.69) is 9.72 Å². The number of alkyl halides is 3. The second kappa shape index (κ2) is 3.64. The van der Waals surface area contributed by atoms with Crippen molar-refractivity contribution in [1.29, 1.82) is 0 Å². The fraction of sp³-hybridized carbons (Fsp3) is 0.375. The van der Waals surface area contributed by atoms with Crippen molar-refractivity contribution < 1.29 is 17.9 Å². The van der Waals surface area contributed by atoms with Crippen molar-refractivity contribution in [3.05, 3.63) is 24.5 Å². The third kappa shape index (κ3) is 2.93. The van der Waals surface area contributed by atoms with Gasteiger partial charge in [0.15, 0.2) is 6.10 Å². The first-order chi connectivity index (χ1) is 6.00. The monoisotopic (exact) mass is 191 g/mol. The summed E-state index contributed by atoms with van der Waals surface area (Å²) in [6.45, 7) is 0.959. The molecule has 0 fully saturated rings. The molecule has 1 unspecified atom stereocenters. The lowest BCUT2D eigenvalue weighted by Gasteiger charge is -2.17. The number of rotatable bonds is 2. The number of halogens is 3. The van der Waals surface area contributed by atoms with Gasteiger partial charge < -0.3 is 4.74 Å². The lowest BCUT2D eigenvalue weighted by molar-refractivity contribution is -0.189. The van der Waals surface area contributed by atoms with E-state index in [0.717, 1.165) is 6.92 Å². The van der Waals surface area contributed by atoms with Gasteiger partial charge in [0, 0.05) is 12.4 Å². The smallest absolute Gasteiger partial charge is 0.425 e. The normalized spacial score (nSPS) is 13.8. The van der Waals surface area contributed by atoms with Crippen LogP contribution in [0.3, 0.4) is 0 Å². The number of hydrogen-bond acceptors (Lipinski definition) is 2. The summed E-state index contributed by atoms with van der Waals surface area (Å²) in [5, 5.41) is 0. The third-order valence-electron chi connectivity index (χ3n) is 1.42. The molecule has 0 bridgehead atoms. The van der Waals surface area contributed by atoms with Crippen LogP contribution < -0.4 is 4.74 Å². The number of nitrogens with zero attached hydrogens (tertiary/aromatic N) is 1. The Bertz CT molecular complexity index is 260. The zero-order valence-electron chi connectivity index (χ0n) is 6.88. The Morgan fingerprint density at radius 3 is 2.31 bits per heavy atom. The van der Waals surface area contributed by atoms with E-state index in [9.17, 15) is 13.2 Å². The standard InChI is InChI=1S/C8H8F3NO/c1-6(8(9,10)11)13-7-2-4-12-5-3-7/h2-6H,1H3. The molecular weight excluding hydrogens is 183 g/mol. The van der Waals surface area contributed by atoms with Crippen LogP contribution in [-0.2, 0) is 0 Å². The highest BCUT2D eigenvalue weighted by Crippen LogP contribution is 2.24. The molecule has 1 aromatic rings. The summed E-state index contributed by atoms with van der Waals surface area (Å²) >= 11 is 0. The molecule has 2 nitrogen and oxygen atoms in total. The Balaban J connectivity index is 2.61. The largest absolute Gasteiger partial charge is 0.481 e. The second-order valence-corrected chi connectivity index (χ2v) is 2.48. The van der Waals surface area contributed by atoms with Gasteiger partial charge in [-0.1, -0.05) is 0 Å². The molecule has 1 atom stereocenters. The molecule has 72 valence electrons. The van der Waals surface area contributed by atoms with Crippen LogP contribution in [0.25, 0.3) is 0 Å². The van der Waals surface area contributed by atoms with Crippen molar-refractivity contribution in [3.8, 4) is 5.75 Å². The van der Waals surface area contributed by atoms with Gasteiger partial charge in [0.25, 0.3) is 0 Å². The highest BCUT2D eigenvalue weighted by Gasteiger charge is 2.37. The molecule has 0 amide bonds. The maximum absolute atomic E-state index is 12.0. The highest BCUT2D eigenvalue weighted by molar-refractivity contribution is 5.17. The van der Waals surface area contributed by atoms with Crippen LogP contribution in [-0.4, -0.2) is 17.3 Å². The molecular formula is C8H8F3NO. The molecule has 0 aliphatic heterocycles. The Morgan fingerprint density at radius 1 is 1.31 bits per heavy atom. The topological polar surface area (TPSA) is 22.1 Å². The van der Waals surface area contributed by atoms with E-state index in [4.69, 9.17) is 0 Å². The van der Waals surface area contributed by atoms with Crippen LogP contribution in [0.4, 0.5) is 13.2 Å². The van der Waals surface area contributed by atoms with E-state index in [1.807, 2.05) is 0 Å². The maximum atomic E-state index is 12.0. The summed E-state index contributed by atoms with van der Waals surface area (Å²) in [4.78, 5) is 3.65. The van der Waals surface area contributed by atoms with Crippen LogP contribution in [0.15, 0.2) is 24.5 Å². The van der Waals surface area contributed by atoms with Gasteiger partial charge in [0.1, 0.15) is 5.75 Å². The first-order valence-electron chi connectivity index (χ1n) is 3.63. The Hall–Kier alpha value is -1.26. The van der Waals surface area contributed by atoms with Crippen LogP contribution >= 0.6 is 0 Å². The van der Waals surface area contributed by atoms with Crippen LogP contribution in [0, 0.1) is 0 Å². The summed E-state index contributed by atoms with van der Waals surface area (Å²) in [5.41, 5.74) is 0. The number of hydrogen-bond donors (Lipinski definition) is 0. The van der Waals surface area contributed by atoms with E-state index in [1.54, 1.807) is 0 Å². The van der Waals surface area contributed by atoms with Crippen molar-refractivity contribution >= 4 is 0 Å². The van der Waals surface area contributed by atoms with Gasteiger partial charge in [0.05, 0.1) is 0 Å². The number of ether oxygens (including phenoxy) is 1. The second-order valence-electron chi connectivity index (χ2n) is 2.48. The SMILES string of the molecule is CC(Oc1ccncc1)C(F)(F)F. The summed E-state index contributed by atoms with van der Waals surface area (Å²) < 4.78 is 40.6. The van der Waals surface area contributed by atoms with Crippen LogP contribution in [0.2, 0.25) is 0 Å². The zero-order valence-corrected chi connectivity index (χ0v) is 6.88. The molecule has 0 aromatic carbocycles. The Labute approximate surface area is 73.4 Å². The van der Waals surface area contributed by atoms with Crippen molar-refractivity contribution in [3.63, 3.8) is 0 Å². The fourth-order valence-electron chi connectivity index (χ4n) is 0.688. The molecule has 13 heavy (non-hydrogen) atoms. The Kier molecular flexibility index (Phi) is 2.75. The first-order valence-corrected chi connectivity index (χ1v) is 3.63. The van der Waals surface area contributed by atoms with Crippen molar-refractivity contribution in [1.82, 2.24) is 4.98 Å². The molecule has 0 saturated heterocycles. The quantitative estimate of drug-likeness (QED) is 0.716. The van der Waals surface area contributed by atoms with Gasteiger partial charge in [-0.3, -0.25) is 4.98 Å². The van der Waals surface area contributed by atoms with Crippen molar-refractivity contribution in [2.24, 2.45) is 0 Å². The molecule has 0 spiro atoms. The molecule has 1 heterocycles. The lowest BCUT2D eigenvalue weighted by Crippen LogP contribution is -2.31. The Morgan fingerprint density at radius 2 is 1.85 bits per heavy atom. The van der Waals surface area contributed by atoms with E-state index in [-0.39, 0.29) is 5.75 Å². The van der Waals surface area contributed by atoms with Gasteiger partial charge in [-0.25, -0.2) is 0 Å². The van der Waals surface area contributed by atoms with Gasteiger partial charge in [-0.15, -0.1) is 0 Å². The molecule has 0 N–H and O–H groups in total. The van der Waals surface area contributed by atoms with Gasteiger partial charge in [-0.2, -0.15) is 13.2 Å². The van der Waals surface area contributed by atoms with Gasteiger partial charge >= 0.3 is 6.18 Å². The molecule has 0 radical (unpaired) electrons. The first kappa shape index (κ1) is 9.83. The predicted octanol–water partition coefficient (Wildman–Crippen LogP) is 2.41. The molecule has 0 aliphatic carbocycles. The number of pyridine rings is 1. The summed E-state index contributed by atoms with van der Waals surface area (Å²) in [7, 11) is 0. The van der Waals surface area contributed by atoms with E-state index < -0.39 is 12.3 Å². The average Bonchev–Trinajstić information content (AvgIpc) is 2.04. The van der Waals surface area contributed by atoms with Crippen molar-refractivity contribution in [2.45, 2.75) is 19.2 Å². The molecule has 0 saturated carbocycles. The molecule has 1 aromatic heterocycles. The average molecular weight is 191 g/mol. The minimum absolute atomic E-state index is 0.167. The van der Waals surface area contributed by atoms with Crippen molar-refractivity contribution in [2.75, 3.05) is 0 Å². The predicted molar refractivity (Wildman–Crippen MR) is 40.4 cm³/mol. The lowest BCUT2D eigenvalue weighted by atomic mass is 10.4. The van der Waals surface area contributed by atoms with E-state index in [0.29, 0.717) is 0 Å². The van der Waals surface area contributed by atoms with Gasteiger partial charge in [-0.05, 0) is 19.1 Å². The third-order valence-corrected chi connectivity index (χ3v) is 1.42. The van der Waals surface area contributed by atoms with E-state index in [1.165, 1.54) is 24.5 Å².